The lowest BCUT2D eigenvalue weighted by Gasteiger charge is -2.33. The number of likely N-dealkylation sites (tertiary alicyclic amines) is 1. The summed E-state index contributed by atoms with van der Waals surface area (Å²) in [6.07, 6.45) is 1.73. The van der Waals surface area contributed by atoms with Crippen LogP contribution in [0.3, 0.4) is 0 Å². The minimum Gasteiger partial charge on any atom is -0.464 e. The van der Waals surface area contributed by atoms with Crippen molar-refractivity contribution in [1.82, 2.24) is 15.1 Å². The number of fused-ring (bicyclic) bond motifs is 1. The van der Waals surface area contributed by atoms with E-state index in [4.69, 9.17) is 9.15 Å². The normalized spacial score (nSPS) is 24.8. The monoisotopic (exact) mass is 343 g/mol. The number of ether oxygens (including phenoxy) is 1. The molecule has 2 saturated heterocycles. The maximum Gasteiger partial charge on any atom is 0.317 e. The van der Waals surface area contributed by atoms with Crippen molar-refractivity contribution in [3.63, 3.8) is 0 Å². The molecular weight excluding hydrogens is 318 g/mol. The second-order valence-corrected chi connectivity index (χ2v) is 7.01. The van der Waals surface area contributed by atoms with E-state index in [-0.39, 0.29) is 6.03 Å². The van der Waals surface area contributed by atoms with Gasteiger partial charge in [0, 0.05) is 49.7 Å². The summed E-state index contributed by atoms with van der Waals surface area (Å²) in [6.45, 7) is 7.84. The van der Waals surface area contributed by atoms with Crippen molar-refractivity contribution >= 4 is 17.0 Å². The lowest BCUT2D eigenvalue weighted by atomic mass is 10.0. The number of benzene rings is 1. The van der Waals surface area contributed by atoms with Gasteiger partial charge in [0.15, 0.2) is 0 Å². The van der Waals surface area contributed by atoms with E-state index < -0.39 is 0 Å². The molecule has 0 spiro atoms. The van der Waals surface area contributed by atoms with Crippen molar-refractivity contribution < 1.29 is 13.9 Å². The number of morpholine rings is 1. The Balaban J connectivity index is 1.35. The molecule has 6 heteroatoms. The second kappa shape index (κ2) is 7.06. The first-order valence-electron chi connectivity index (χ1n) is 9.02. The van der Waals surface area contributed by atoms with Gasteiger partial charge < -0.3 is 19.4 Å². The van der Waals surface area contributed by atoms with E-state index in [0.29, 0.717) is 18.5 Å². The van der Waals surface area contributed by atoms with E-state index in [2.05, 4.69) is 17.1 Å². The Kier molecular flexibility index (Phi) is 4.63. The Morgan fingerprint density at radius 1 is 1.24 bits per heavy atom. The van der Waals surface area contributed by atoms with E-state index >= 15 is 0 Å². The molecule has 2 aliphatic heterocycles. The number of amides is 2. The van der Waals surface area contributed by atoms with Crippen LogP contribution in [0.4, 0.5) is 4.79 Å². The van der Waals surface area contributed by atoms with Crippen molar-refractivity contribution in [2.45, 2.75) is 19.5 Å². The molecule has 1 N–H and O–H groups in total. The highest BCUT2D eigenvalue weighted by atomic mass is 16.5. The van der Waals surface area contributed by atoms with Gasteiger partial charge in [0.25, 0.3) is 0 Å². The smallest absolute Gasteiger partial charge is 0.317 e. The molecular formula is C19H25N3O3. The lowest BCUT2D eigenvalue weighted by molar-refractivity contribution is 0.0123. The zero-order valence-electron chi connectivity index (χ0n) is 14.6. The highest BCUT2D eigenvalue weighted by molar-refractivity contribution is 5.81. The van der Waals surface area contributed by atoms with Gasteiger partial charge in [0.1, 0.15) is 5.58 Å². The molecule has 2 fully saturated rings. The van der Waals surface area contributed by atoms with Crippen LogP contribution in [0.1, 0.15) is 12.5 Å². The number of furan rings is 1. The largest absolute Gasteiger partial charge is 0.464 e. The fraction of sp³-hybridized carbons (Fsp3) is 0.526. The number of urea groups is 1. The predicted octanol–water partition coefficient (Wildman–Crippen LogP) is 2.29. The fourth-order valence-electron chi connectivity index (χ4n) is 3.95. The van der Waals surface area contributed by atoms with E-state index in [1.54, 1.807) is 6.26 Å². The molecule has 0 aliphatic carbocycles. The summed E-state index contributed by atoms with van der Waals surface area (Å²) in [7, 11) is 0. The standard InChI is InChI=1S/C19H25N3O3/c1-14-11-22(12-17(14)21-6-8-24-9-7-21)19(23)20-10-15-13-25-18-5-3-2-4-16(15)18/h2-5,13-14,17H,6-12H2,1H3,(H,20,23). The van der Waals surface area contributed by atoms with Gasteiger partial charge in [-0.25, -0.2) is 4.79 Å². The summed E-state index contributed by atoms with van der Waals surface area (Å²) in [5.41, 5.74) is 1.87. The maximum absolute atomic E-state index is 12.6. The van der Waals surface area contributed by atoms with Crippen molar-refractivity contribution in [3.05, 3.63) is 36.1 Å². The molecule has 2 amide bonds. The number of nitrogens with zero attached hydrogens (tertiary/aromatic N) is 2. The van der Waals surface area contributed by atoms with Crippen LogP contribution >= 0.6 is 0 Å². The van der Waals surface area contributed by atoms with E-state index in [0.717, 1.165) is 55.9 Å². The minimum absolute atomic E-state index is 0.00731. The third-order valence-electron chi connectivity index (χ3n) is 5.37. The van der Waals surface area contributed by atoms with E-state index in [1.165, 1.54) is 0 Å². The molecule has 6 nitrogen and oxygen atoms in total. The van der Waals surface area contributed by atoms with Crippen molar-refractivity contribution in [3.8, 4) is 0 Å². The average molecular weight is 343 g/mol. The van der Waals surface area contributed by atoms with Gasteiger partial charge in [0.2, 0.25) is 0 Å². The molecule has 0 radical (unpaired) electrons. The number of para-hydroxylation sites is 1. The number of nitrogens with one attached hydrogen (secondary N) is 1. The first kappa shape index (κ1) is 16.4. The molecule has 2 aliphatic rings. The Labute approximate surface area is 147 Å². The van der Waals surface area contributed by atoms with Gasteiger partial charge in [-0.1, -0.05) is 25.1 Å². The number of hydrogen-bond acceptors (Lipinski definition) is 4. The summed E-state index contributed by atoms with van der Waals surface area (Å²) in [5.74, 6) is 0.485. The van der Waals surface area contributed by atoms with Gasteiger partial charge in [-0.15, -0.1) is 0 Å². The summed E-state index contributed by atoms with van der Waals surface area (Å²) in [6, 6.07) is 8.34. The molecule has 1 aromatic carbocycles. The van der Waals surface area contributed by atoms with E-state index in [1.807, 2.05) is 29.2 Å². The zero-order chi connectivity index (χ0) is 17.2. The Morgan fingerprint density at radius 2 is 2.04 bits per heavy atom. The molecule has 2 atom stereocenters. The summed E-state index contributed by atoms with van der Waals surface area (Å²) < 4.78 is 11.0. The number of carbonyl (C=O) groups excluding carboxylic acids is 1. The topological polar surface area (TPSA) is 58.0 Å². The minimum atomic E-state index is 0.00731. The van der Waals surface area contributed by atoms with Gasteiger partial charge in [-0.05, 0) is 12.0 Å². The van der Waals surface area contributed by atoms with Crippen LogP contribution in [-0.4, -0.2) is 61.3 Å². The fourth-order valence-corrected chi connectivity index (χ4v) is 3.95. The number of hydrogen-bond donors (Lipinski definition) is 1. The average Bonchev–Trinajstić information content (AvgIpc) is 3.24. The quantitative estimate of drug-likeness (QED) is 0.929. The lowest BCUT2D eigenvalue weighted by Crippen LogP contribution is -2.47. The maximum atomic E-state index is 12.6. The number of rotatable bonds is 3. The molecule has 134 valence electrons. The van der Waals surface area contributed by atoms with Gasteiger partial charge in [0.05, 0.1) is 19.5 Å². The van der Waals surface area contributed by atoms with Crippen LogP contribution in [0.5, 0.6) is 0 Å². The molecule has 2 aromatic rings. The third kappa shape index (κ3) is 3.37. The van der Waals surface area contributed by atoms with Crippen LogP contribution in [0.25, 0.3) is 11.0 Å². The van der Waals surface area contributed by atoms with Gasteiger partial charge in [-0.3, -0.25) is 4.90 Å². The van der Waals surface area contributed by atoms with Gasteiger partial charge >= 0.3 is 6.03 Å². The summed E-state index contributed by atoms with van der Waals surface area (Å²) in [5, 5.41) is 4.11. The van der Waals surface area contributed by atoms with Crippen LogP contribution in [0.2, 0.25) is 0 Å². The molecule has 1 aromatic heterocycles. The van der Waals surface area contributed by atoms with Crippen LogP contribution in [-0.2, 0) is 11.3 Å². The molecule has 2 unspecified atom stereocenters. The van der Waals surface area contributed by atoms with Gasteiger partial charge in [-0.2, -0.15) is 0 Å². The molecule has 0 saturated carbocycles. The first-order valence-corrected chi connectivity index (χ1v) is 9.02. The predicted molar refractivity (Wildman–Crippen MR) is 95.4 cm³/mol. The summed E-state index contributed by atoms with van der Waals surface area (Å²) >= 11 is 0. The van der Waals surface area contributed by atoms with Crippen molar-refractivity contribution in [2.75, 3.05) is 39.4 Å². The molecule has 4 rings (SSSR count). The van der Waals surface area contributed by atoms with Crippen LogP contribution in [0, 0.1) is 5.92 Å². The van der Waals surface area contributed by atoms with Crippen molar-refractivity contribution in [2.24, 2.45) is 5.92 Å². The Hall–Kier alpha value is -2.05. The SMILES string of the molecule is CC1CN(C(=O)NCc2coc3ccccc23)CC1N1CCOCC1. The zero-order valence-corrected chi connectivity index (χ0v) is 14.6. The second-order valence-electron chi connectivity index (χ2n) is 7.01. The molecule has 0 bridgehead atoms. The first-order chi connectivity index (χ1) is 12.2. The highest BCUT2D eigenvalue weighted by Gasteiger charge is 2.36. The van der Waals surface area contributed by atoms with Crippen molar-refractivity contribution in [1.29, 1.82) is 0 Å². The van der Waals surface area contributed by atoms with Crippen LogP contribution in [0.15, 0.2) is 34.9 Å². The third-order valence-corrected chi connectivity index (χ3v) is 5.37. The Bertz CT molecular complexity index is 738. The summed E-state index contributed by atoms with van der Waals surface area (Å²) in [4.78, 5) is 17.0. The number of carbonyl (C=O) groups is 1. The highest BCUT2D eigenvalue weighted by Crippen LogP contribution is 2.23. The molecule has 3 heterocycles. The Morgan fingerprint density at radius 3 is 2.88 bits per heavy atom. The van der Waals surface area contributed by atoms with Crippen LogP contribution < -0.4 is 5.32 Å². The van der Waals surface area contributed by atoms with E-state index in [9.17, 15) is 4.79 Å². The molecule has 25 heavy (non-hydrogen) atoms.